The van der Waals surface area contributed by atoms with Crippen molar-refractivity contribution in [2.45, 2.75) is 19.8 Å². The Labute approximate surface area is 147 Å². The van der Waals surface area contributed by atoms with Crippen LogP contribution in [-0.4, -0.2) is 38.0 Å². The molecule has 3 heterocycles. The lowest BCUT2D eigenvalue weighted by molar-refractivity contribution is 0.0683. The van der Waals surface area contributed by atoms with Gasteiger partial charge in [0.2, 0.25) is 0 Å². The number of likely N-dealkylation sites (tertiary alicyclic amines) is 1. The zero-order valence-corrected chi connectivity index (χ0v) is 14.4. The molecular formula is C20H22N4O. The second-order valence-electron chi connectivity index (χ2n) is 6.76. The number of carbonyl (C=O) groups excluding carboxylic acids is 1. The van der Waals surface area contributed by atoms with Crippen molar-refractivity contribution < 1.29 is 4.79 Å². The number of benzene rings is 1. The minimum atomic E-state index is 0.122. The van der Waals surface area contributed by atoms with Gasteiger partial charge in [0.1, 0.15) is 0 Å². The van der Waals surface area contributed by atoms with Crippen molar-refractivity contribution in [2.24, 2.45) is 5.92 Å². The van der Waals surface area contributed by atoms with Gasteiger partial charge in [-0.05, 0) is 49.1 Å². The standard InChI is InChI=1S/C20H22N4O/c1-16-5-4-11-23(14-16)20(25)17-6-7-18(24-12-8-21-15-24)19(13-17)22-9-2-3-10-22/h2-3,6-10,12-13,15-16H,4-5,11,14H2,1H3/t16-/m1/s1. The van der Waals surface area contributed by atoms with Gasteiger partial charge in [-0.1, -0.05) is 6.92 Å². The zero-order chi connectivity index (χ0) is 17.2. The molecule has 4 rings (SSSR count). The Morgan fingerprint density at radius 2 is 1.96 bits per heavy atom. The third-order valence-electron chi connectivity index (χ3n) is 4.83. The van der Waals surface area contributed by atoms with Gasteiger partial charge in [-0.3, -0.25) is 4.79 Å². The molecule has 1 saturated heterocycles. The quantitative estimate of drug-likeness (QED) is 0.735. The maximum absolute atomic E-state index is 13.0. The summed E-state index contributed by atoms with van der Waals surface area (Å²) in [6, 6.07) is 9.87. The highest BCUT2D eigenvalue weighted by Crippen LogP contribution is 2.24. The van der Waals surface area contributed by atoms with Gasteiger partial charge in [0.05, 0.1) is 17.7 Å². The highest BCUT2D eigenvalue weighted by Gasteiger charge is 2.23. The van der Waals surface area contributed by atoms with Crippen molar-refractivity contribution >= 4 is 5.91 Å². The van der Waals surface area contributed by atoms with Gasteiger partial charge in [0.25, 0.3) is 5.91 Å². The van der Waals surface area contributed by atoms with Gasteiger partial charge in [-0.2, -0.15) is 0 Å². The summed E-state index contributed by atoms with van der Waals surface area (Å²) in [4.78, 5) is 19.1. The van der Waals surface area contributed by atoms with Gasteiger partial charge in [0, 0.05) is 43.4 Å². The number of piperidine rings is 1. The average Bonchev–Trinajstić information content (AvgIpc) is 3.34. The second kappa shape index (κ2) is 6.59. The van der Waals surface area contributed by atoms with Crippen molar-refractivity contribution in [3.05, 3.63) is 67.0 Å². The third kappa shape index (κ3) is 3.09. The normalized spacial score (nSPS) is 17.6. The molecule has 128 valence electrons. The van der Waals surface area contributed by atoms with Crippen LogP contribution in [0.2, 0.25) is 0 Å². The molecule has 3 aromatic rings. The number of carbonyl (C=O) groups is 1. The maximum atomic E-state index is 13.0. The Balaban J connectivity index is 1.73. The molecule has 1 aliphatic rings. The Morgan fingerprint density at radius 3 is 2.68 bits per heavy atom. The summed E-state index contributed by atoms with van der Waals surface area (Å²) in [6.45, 7) is 3.92. The molecule has 1 amide bonds. The lowest BCUT2D eigenvalue weighted by atomic mass is 9.99. The minimum Gasteiger partial charge on any atom is -0.338 e. The summed E-state index contributed by atoms with van der Waals surface area (Å²) in [5.41, 5.74) is 2.71. The number of nitrogens with zero attached hydrogens (tertiary/aromatic N) is 4. The summed E-state index contributed by atoms with van der Waals surface area (Å²) >= 11 is 0. The van der Waals surface area contributed by atoms with E-state index < -0.39 is 0 Å². The third-order valence-corrected chi connectivity index (χ3v) is 4.83. The van der Waals surface area contributed by atoms with Crippen LogP contribution >= 0.6 is 0 Å². The lowest BCUT2D eigenvalue weighted by Gasteiger charge is -2.31. The van der Waals surface area contributed by atoms with Crippen LogP contribution in [0.15, 0.2) is 61.4 Å². The Bertz CT molecular complexity index is 852. The van der Waals surface area contributed by atoms with E-state index in [0.717, 1.165) is 36.4 Å². The van der Waals surface area contributed by atoms with E-state index in [1.807, 2.05) is 63.0 Å². The first-order valence-electron chi connectivity index (χ1n) is 8.77. The first kappa shape index (κ1) is 15.7. The largest absolute Gasteiger partial charge is 0.338 e. The Morgan fingerprint density at radius 1 is 1.12 bits per heavy atom. The number of hydrogen-bond acceptors (Lipinski definition) is 2. The fourth-order valence-electron chi connectivity index (χ4n) is 3.53. The molecule has 25 heavy (non-hydrogen) atoms. The van der Waals surface area contributed by atoms with Crippen molar-refractivity contribution in [1.29, 1.82) is 0 Å². The van der Waals surface area contributed by atoms with Crippen molar-refractivity contribution in [3.63, 3.8) is 0 Å². The van der Waals surface area contributed by atoms with Crippen LogP contribution in [0, 0.1) is 5.92 Å². The number of hydrogen-bond donors (Lipinski definition) is 0. The summed E-state index contributed by atoms with van der Waals surface area (Å²) in [6.07, 6.45) is 11.7. The topological polar surface area (TPSA) is 43.1 Å². The fourth-order valence-corrected chi connectivity index (χ4v) is 3.53. The van der Waals surface area contributed by atoms with Gasteiger partial charge >= 0.3 is 0 Å². The highest BCUT2D eigenvalue weighted by atomic mass is 16.2. The van der Waals surface area contributed by atoms with E-state index in [2.05, 4.69) is 11.9 Å². The molecule has 0 spiro atoms. The molecule has 5 heteroatoms. The predicted molar refractivity (Wildman–Crippen MR) is 97.2 cm³/mol. The Kier molecular flexibility index (Phi) is 4.14. The van der Waals surface area contributed by atoms with Gasteiger partial charge in [-0.15, -0.1) is 0 Å². The van der Waals surface area contributed by atoms with Crippen molar-refractivity contribution in [3.8, 4) is 11.4 Å². The first-order valence-corrected chi connectivity index (χ1v) is 8.77. The molecule has 0 bridgehead atoms. The SMILES string of the molecule is C[C@@H]1CCCN(C(=O)c2ccc(-n3ccnc3)c(-n3cccc3)c2)C1. The van der Waals surface area contributed by atoms with E-state index >= 15 is 0 Å². The summed E-state index contributed by atoms with van der Waals surface area (Å²) in [5, 5.41) is 0. The molecule has 5 nitrogen and oxygen atoms in total. The molecule has 1 atom stereocenters. The van der Waals surface area contributed by atoms with Crippen molar-refractivity contribution in [1.82, 2.24) is 19.0 Å². The number of rotatable bonds is 3. The predicted octanol–water partition coefficient (Wildman–Crippen LogP) is 3.54. The van der Waals surface area contributed by atoms with Crippen LogP contribution in [0.4, 0.5) is 0 Å². The van der Waals surface area contributed by atoms with E-state index in [9.17, 15) is 4.79 Å². The van der Waals surface area contributed by atoms with Crippen molar-refractivity contribution in [2.75, 3.05) is 13.1 Å². The van der Waals surface area contributed by atoms with Gasteiger partial charge in [0.15, 0.2) is 0 Å². The highest BCUT2D eigenvalue weighted by molar-refractivity contribution is 5.95. The molecule has 1 fully saturated rings. The average molecular weight is 334 g/mol. The van der Waals surface area contributed by atoms with E-state index in [0.29, 0.717) is 5.92 Å². The molecule has 2 aromatic heterocycles. The monoisotopic (exact) mass is 334 g/mol. The number of aromatic nitrogens is 3. The van der Waals surface area contributed by atoms with Crippen LogP contribution in [0.5, 0.6) is 0 Å². The van der Waals surface area contributed by atoms with E-state index in [1.165, 1.54) is 6.42 Å². The second-order valence-corrected chi connectivity index (χ2v) is 6.76. The molecule has 0 radical (unpaired) electrons. The Hall–Kier alpha value is -2.82. The first-order chi connectivity index (χ1) is 12.2. The molecule has 0 saturated carbocycles. The van der Waals surface area contributed by atoms with Crippen LogP contribution < -0.4 is 0 Å². The molecular weight excluding hydrogens is 312 g/mol. The molecule has 1 aliphatic heterocycles. The number of amides is 1. The summed E-state index contributed by atoms with van der Waals surface area (Å²) in [5.74, 6) is 0.698. The molecule has 1 aromatic carbocycles. The summed E-state index contributed by atoms with van der Waals surface area (Å²) in [7, 11) is 0. The van der Waals surface area contributed by atoms with Gasteiger partial charge in [-0.25, -0.2) is 4.98 Å². The summed E-state index contributed by atoms with van der Waals surface area (Å²) < 4.78 is 4.00. The minimum absolute atomic E-state index is 0.122. The van der Waals surface area contributed by atoms with Crippen LogP contribution in [0.1, 0.15) is 30.1 Å². The smallest absolute Gasteiger partial charge is 0.253 e. The lowest BCUT2D eigenvalue weighted by Crippen LogP contribution is -2.39. The molecule has 0 N–H and O–H groups in total. The van der Waals surface area contributed by atoms with Gasteiger partial charge < -0.3 is 14.0 Å². The molecule has 0 unspecified atom stereocenters. The van der Waals surface area contributed by atoms with E-state index in [-0.39, 0.29) is 5.91 Å². The van der Waals surface area contributed by atoms with Crippen LogP contribution in [0.3, 0.4) is 0 Å². The molecule has 0 aliphatic carbocycles. The van der Waals surface area contributed by atoms with E-state index in [4.69, 9.17) is 0 Å². The number of imidazole rings is 1. The van der Waals surface area contributed by atoms with E-state index in [1.54, 1.807) is 12.5 Å². The van der Waals surface area contributed by atoms with Crippen LogP contribution in [-0.2, 0) is 0 Å². The van der Waals surface area contributed by atoms with Crippen LogP contribution in [0.25, 0.3) is 11.4 Å². The fraction of sp³-hybridized carbons (Fsp3) is 0.300. The maximum Gasteiger partial charge on any atom is 0.253 e. The zero-order valence-electron chi connectivity index (χ0n) is 14.4.